The molecule has 1 unspecified atom stereocenters. The van der Waals surface area contributed by atoms with Gasteiger partial charge in [0.1, 0.15) is 0 Å². The van der Waals surface area contributed by atoms with Crippen molar-refractivity contribution in [3.63, 3.8) is 0 Å². The number of nitrogens with zero attached hydrogens (tertiary/aromatic N) is 1. The van der Waals surface area contributed by atoms with Crippen molar-refractivity contribution in [2.75, 3.05) is 24.5 Å². The fourth-order valence-electron chi connectivity index (χ4n) is 2.47. The van der Waals surface area contributed by atoms with Crippen molar-refractivity contribution in [1.29, 1.82) is 0 Å². The normalized spacial score (nSPS) is 21.6. The smallest absolute Gasteiger partial charge is 0.0624 e. The van der Waals surface area contributed by atoms with Gasteiger partial charge in [-0.3, -0.25) is 0 Å². The first kappa shape index (κ1) is 9.73. The van der Waals surface area contributed by atoms with Crippen LogP contribution in [0.1, 0.15) is 6.92 Å². The van der Waals surface area contributed by atoms with Gasteiger partial charge in [0, 0.05) is 42.8 Å². The number of rotatable bonds is 1. The zero-order valence-corrected chi connectivity index (χ0v) is 9.53. The van der Waals surface area contributed by atoms with Gasteiger partial charge >= 0.3 is 0 Å². The van der Waals surface area contributed by atoms with Crippen LogP contribution in [0.25, 0.3) is 10.9 Å². The van der Waals surface area contributed by atoms with Gasteiger partial charge in [0.05, 0.1) is 5.69 Å². The number of fused-ring (bicyclic) bond motifs is 1. The fourth-order valence-corrected chi connectivity index (χ4v) is 2.47. The first-order valence-corrected chi connectivity index (χ1v) is 5.89. The van der Waals surface area contributed by atoms with Gasteiger partial charge in [0.25, 0.3) is 0 Å². The molecular formula is C13H17N3. The summed E-state index contributed by atoms with van der Waals surface area (Å²) in [7, 11) is 0. The molecule has 2 N–H and O–H groups in total. The van der Waals surface area contributed by atoms with E-state index in [-0.39, 0.29) is 0 Å². The summed E-state index contributed by atoms with van der Waals surface area (Å²) in [6, 6.07) is 9.06. The Balaban J connectivity index is 1.99. The van der Waals surface area contributed by atoms with Gasteiger partial charge in [-0.05, 0) is 13.0 Å². The maximum absolute atomic E-state index is 3.47. The lowest BCUT2D eigenvalue weighted by atomic mass is 10.2. The highest BCUT2D eigenvalue weighted by molar-refractivity contribution is 5.92. The van der Waals surface area contributed by atoms with Gasteiger partial charge in [-0.2, -0.15) is 0 Å². The standard InChI is InChI=1S/C13H17N3/c1-10-9-16(7-6-14-10)13-8-15-12-5-3-2-4-11(12)13/h2-5,8,10,14-15H,6-7,9H2,1H3. The van der Waals surface area contributed by atoms with Crippen molar-refractivity contribution < 1.29 is 0 Å². The van der Waals surface area contributed by atoms with E-state index in [0.29, 0.717) is 6.04 Å². The molecule has 1 aromatic heterocycles. The molecule has 1 aliphatic heterocycles. The third-order valence-corrected chi connectivity index (χ3v) is 3.28. The second-order valence-corrected chi connectivity index (χ2v) is 4.52. The Bertz CT molecular complexity index is 489. The molecule has 2 aromatic rings. The highest BCUT2D eigenvalue weighted by atomic mass is 15.2. The van der Waals surface area contributed by atoms with Crippen LogP contribution in [-0.4, -0.2) is 30.7 Å². The molecule has 1 saturated heterocycles. The second kappa shape index (κ2) is 3.83. The highest BCUT2D eigenvalue weighted by Crippen LogP contribution is 2.26. The van der Waals surface area contributed by atoms with E-state index in [2.05, 4.69) is 52.6 Å². The Morgan fingerprint density at radius 1 is 1.31 bits per heavy atom. The van der Waals surface area contributed by atoms with Crippen LogP contribution in [0.15, 0.2) is 30.5 Å². The molecule has 0 aliphatic carbocycles. The average molecular weight is 215 g/mol. The van der Waals surface area contributed by atoms with Crippen molar-refractivity contribution >= 4 is 16.6 Å². The number of benzene rings is 1. The summed E-state index contributed by atoms with van der Waals surface area (Å²) in [4.78, 5) is 5.80. The van der Waals surface area contributed by atoms with Crippen LogP contribution in [0.5, 0.6) is 0 Å². The van der Waals surface area contributed by atoms with Crippen molar-refractivity contribution in [3.8, 4) is 0 Å². The number of hydrogen-bond donors (Lipinski definition) is 2. The van der Waals surface area contributed by atoms with Gasteiger partial charge < -0.3 is 15.2 Å². The van der Waals surface area contributed by atoms with Gasteiger partial charge in [-0.15, -0.1) is 0 Å². The lowest BCUT2D eigenvalue weighted by Crippen LogP contribution is -2.49. The molecule has 3 nitrogen and oxygen atoms in total. The maximum atomic E-state index is 3.47. The minimum atomic E-state index is 0.572. The van der Waals surface area contributed by atoms with Gasteiger partial charge in [-0.1, -0.05) is 18.2 Å². The van der Waals surface area contributed by atoms with E-state index in [0.717, 1.165) is 19.6 Å². The molecule has 0 spiro atoms. The predicted octanol–water partition coefficient (Wildman–Crippen LogP) is 1.97. The van der Waals surface area contributed by atoms with E-state index in [1.165, 1.54) is 16.6 Å². The molecule has 16 heavy (non-hydrogen) atoms. The zero-order valence-electron chi connectivity index (χ0n) is 9.53. The summed E-state index contributed by atoms with van der Waals surface area (Å²) in [5, 5.41) is 4.80. The van der Waals surface area contributed by atoms with Gasteiger partial charge in [-0.25, -0.2) is 0 Å². The third-order valence-electron chi connectivity index (χ3n) is 3.28. The Morgan fingerprint density at radius 3 is 3.06 bits per heavy atom. The number of H-pyrrole nitrogens is 1. The molecule has 3 heteroatoms. The molecule has 1 atom stereocenters. The summed E-state index contributed by atoms with van der Waals surface area (Å²) >= 11 is 0. The lowest BCUT2D eigenvalue weighted by molar-refractivity contribution is 0.485. The molecule has 1 fully saturated rings. The topological polar surface area (TPSA) is 31.1 Å². The fraction of sp³-hybridized carbons (Fsp3) is 0.385. The Kier molecular flexibility index (Phi) is 2.33. The molecule has 3 rings (SSSR count). The number of anilines is 1. The first-order valence-electron chi connectivity index (χ1n) is 5.89. The minimum absolute atomic E-state index is 0.572. The molecule has 1 aliphatic rings. The zero-order chi connectivity index (χ0) is 11.0. The second-order valence-electron chi connectivity index (χ2n) is 4.52. The predicted molar refractivity (Wildman–Crippen MR) is 68.0 cm³/mol. The average Bonchev–Trinajstić information content (AvgIpc) is 2.72. The van der Waals surface area contributed by atoms with Crippen LogP contribution in [0.4, 0.5) is 5.69 Å². The van der Waals surface area contributed by atoms with Crippen molar-refractivity contribution in [2.24, 2.45) is 0 Å². The molecular weight excluding hydrogens is 198 g/mol. The number of nitrogens with one attached hydrogen (secondary N) is 2. The van der Waals surface area contributed by atoms with Crippen molar-refractivity contribution in [3.05, 3.63) is 30.5 Å². The van der Waals surface area contributed by atoms with Crippen molar-refractivity contribution in [1.82, 2.24) is 10.3 Å². The van der Waals surface area contributed by atoms with E-state index in [1.807, 2.05) is 0 Å². The van der Waals surface area contributed by atoms with E-state index in [9.17, 15) is 0 Å². The van der Waals surface area contributed by atoms with Crippen LogP contribution >= 0.6 is 0 Å². The summed E-state index contributed by atoms with van der Waals surface area (Å²) in [5.41, 5.74) is 2.56. The molecule has 2 heterocycles. The number of aromatic nitrogens is 1. The third kappa shape index (κ3) is 1.57. The number of para-hydroxylation sites is 1. The van der Waals surface area contributed by atoms with E-state index in [1.54, 1.807) is 0 Å². The Morgan fingerprint density at radius 2 is 2.19 bits per heavy atom. The van der Waals surface area contributed by atoms with Crippen LogP contribution in [0.2, 0.25) is 0 Å². The monoisotopic (exact) mass is 215 g/mol. The molecule has 0 amide bonds. The van der Waals surface area contributed by atoms with Crippen LogP contribution in [0.3, 0.4) is 0 Å². The Hall–Kier alpha value is -1.48. The SMILES string of the molecule is CC1CN(c2c[nH]c3ccccc23)CCN1. The number of piperazine rings is 1. The minimum Gasteiger partial charge on any atom is -0.367 e. The maximum Gasteiger partial charge on any atom is 0.0624 e. The molecule has 1 aromatic carbocycles. The first-order chi connectivity index (χ1) is 7.84. The molecule has 84 valence electrons. The lowest BCUT2D eigenvalue weighted by Gasteiger charge is -2.33. The summed E-state index contributed by atoms with van der Waals surface area (Å²) in [6.07, 6.45) is 2.13. The summed E-state index contributed by atoms with van der Waals surface area (Å²) in [5.74, 6) is 0. The molecule has 0 saturated carbocycles. The summed E-state index contributed by atoms with van der Waals surface area (Å²) in [6.45, 7) is 5.48. The van der Waals surface area contributed by atoms with Gasteiger partial charge in [0.15, 0.2) is 0 Å². The Labute approximate surface area is 95.5 Å². The number of hydrogen-bond acceptors (Lipinski definition) is 2. The number of aromatic amines is 1. The molecule has 0 radical (unpaired) electrons. The largest absolute Gasteiger partial charge is 0.367 e. The van der Waals surface area contributed by atoms with Crippen LogP contribution in [-0.2, 0) is 0 Å². The highest BCUT2D eigenvalue weighted by Gasteiger charge is 2.18. The van der Waals surface area contributed by atoms with Gasteiger partial charge in [0.2, 0.25) is 0 Å². The molecule has 0 bridgehead atoms. The van der Waals surface area contributed by atoms with Crippen molar-refractivity contribution in [2.45, 2.75) is 13.0 Å². The van der Waals surface area contributed by atoms with Crippen LogP contribution in [0, 0.1) is 0 Å². The van der Waals surface area contributed by atoms with E-state index >= 15 is 0 Å². The summed E-state index contributed by atoms with van der Waals surface area (Å²) < 4.78 is 0. The van der Waals surface area contributed by atoms with Crippen LogP contribution < -0.4 is 10.2 Å². The van der Waals surface area contributed by atoms with E-state index in [4.69, 9.17) is 0 Å². The quantitative estimate of drug-likeness (QED) is 0.762. The van der Waals surface area contributed by atoms with E-state index < -0.39 is 0 Å².